The van der Waals surface area contributed by atoms with E-state index in [0.29, 0.717) is 0 Å². The molecule has 0 aliphatic carbocycles. The molecule has 0 aromatic heterocycles. The van der Waals surface area contributed by atoms with Gasteiger partial charge in [-0.15, -0.1) is 0 Å². The Bertz CT molecular complexity index is 309. The number of rotatable bonds is 11. The van der Waals surface area contributed by atoms with Crippen LogP contribution in [0.25, 0.3) is 0 Å². The third-order valence-electron chi connectivity index (χ3n) is 5.52. The smallest absolute Gasteiger partial charge is 0.0589 e. The van der Waals surface area contributed by atoms with Crippen molar-refractivity contribution in [3.63, 3.8) is 0 Å². The molecule has 1 fully saturated rings. The summed E-state index contributed by atoms with van der Waals surface area (Å²) in [6, 6.07) is 0. The quantitative estimate of drug-likeness (QED) is 0.537. The Labute approximate surface area is 168 Å². The lowest BCUT2D eigenvalue weighted by molar-refractivity contribution is 0.0967. The Balaban J connectivity index is 2.71. The van der Waals surface area contributed by atoms with Gasteiger partial charge in [-0.05, 0) is 25.9 Å². The zero-order chi connectivity index (χ0) is 19.7. The van der Waals surface area contributed by atoms with Crippen LogP contribution in [-0.4, -0.2) is 126 Å². The van der Waals surface area contributed by atoms with Gasteiger partial charge in [0.1, 0.15) is 0 Å². The van der Waals surface area contributed by atoms with Gasteiger partial charge < -0.3 is 19.3 Å². The maximum absolute atomic E-state index is 5.35. The maximum atomic E-state index is 5.35. The van der Waals surface area contributed by atoms with E-state index in [-0.39, 0.29) is 0 Å². The summed E-state index contributed by atoms with van der Waals surface area (Å²) in [5.41, 5.74) is 0. The monoisotopic (exact) mass is 386 g/mol. The van der Waals surface area contributed by atoms with Crippen molar-refractivity contribution < 1.29 is 9.47 Å². The summed E-state index contributed by atoms with van der Waals surface area (Å²) >= 11 is 0. The summed E-state index contributed by atoms with van der Waals surface area (Å²) in [5, 5.41) is 0. The lowest BCUT2D eigenvalue weighted by Gasteiger charge is -2.34. The van der Waals surface area contributed by atoms with Crippen molar-refractivity contribution in [2.75, 3.05) is 106 Å². The van der Waals surface area contributed by atoms with Crippen molar-refractivity contribution in [1.29, 1.82) is 0 Å². The Kier molecular flexibility index (Phi) is 15.3. The molecule has 6 heteroatoms. The van der Waals surface area contributed by atoms with Crippen molar-refractivity contribution in [1.82, 2.24) is 19.6 Å². The summed E-state index contributed by atoms with van der Waals surface area (Å²) in [6.45, 7) is 19.9. The average molecular weight is 387 g/mol. The Hall–Kier alpha value is -0.240. The summed E-state index contributed by atoms with van der Waals surface area (Å²) < 4.78 is 10.7. The van der Waals surface area contributed by atoms with Gasteiger partial charge in [-0.1, -0.05) is 20.3 Å². The molecule has 1 heterocycles. The Morgan fingerprint density at radius 3 is 1.22 bits per heavy atom. The predicted octanol–water partition coefficient (Wildman–Crippen LogP) is 1.71. The molecule has 0 amide bonds. The number of unbranched alkanes of at least 4 members (excludes halogenated alkanes) is 1. The fourth-order valence-electron chi connectivity index (χ4n) is 3.61. The third kappa shape index (κ3) is 12.0. The van der Waals surface area contributed by atoms with Gasteiger partial charge in [0.05, 0.1) is 13.2 Å². The van der Waals surface area contributed by atoms with Crippen LogP contribution in [0, 0.1) is 0 Å². The first kappa shape index (κ1) is 24.8. The molecule has 0 bridgehead atoms. The molecule has 0 aromatic rings. The van der Waals surface area contributed by atoms with Gasteiger partial charge in [-0.3, -0.25) is 9.80 Å². The van der Waals surface area contributed by atoms with Crippen LogP contribution in [0.4, 0.5) is 0 Å². The number of hydrogen-bond donors (Lipinski definition) is 0. The van der Waals surface area contributed by atoms with Gasteiger partial charge in [-0.2, -0.15) is 0 Å². The molecular formula is C21H46N4O2. The second-order valence-electron chi connectivity index (χ2n) is 7.71. The normalized spacial score (nSPS) is 20.4. The van der Waals surface area contributed by atoms with Crippen molar-refractivity contribution in [3.05, 3.63) is 0 Å². The molecule has 0 atom stereocenters. The molecule has 0 unspecified atom stereocenters. The standard InChI is InChI=1S/C21H46N4O2/c1-5-7-9-23-12-16-24(18-20-26-3)14-10-22(8-6-2)11-15-25(17-13-23)19-21-27-4/h5-21H2,1-4H3. The highest BCUT2D eigenvalue weighted by atomic mass is 16.5. The molecule has 0 N–H and O–H groups in total. The summed E-state index contributed by atoms with van der Waals surface area (Å²) in [6.07, 6.45) is 3.78. The molecule has 0 aromatic carbocycles. The molecule has 0 spiro atoms. The summed E-state index contributed by atoms with van der Waals surface area (Å²) in [5.74, 6) is 0. The minimum absolute atomic E-state index is 0.827. The van der Waals surface area contributed by atoms with Gasteiger partial charge in [-0.25, -0.2) is 0 Å². The first-order chi connectivity index (χ1) is 13.2. The number of methoxy groups -OCH3 is 2. The number of nitrogens with zero attached hydrogens (tertiary/aromatic N) is 4. The van der Waals surface area contributed by atoms with Crippen LogP contribution in [-0.2, 0) is 9.47 Å². The highest BCUT2D eigenvalue weighted by molar-refractivity contribution is 4.72. The summed E-state index contributed by atoms with van der Waals surface area (Å²) in [4.78, 5) is 10.5. The minimum atomic E-state index is 0.827. The van der Waals surface area contributed by atoms with E-state index in [1.807, 2.05) is 14.2 Å². The van der Waals surface area contributed by atoms with Crippen LogP contribution >= 0.6 is 0 Å². The lowest BCUT2D eigenvalue weighted by atomic mass is 10.3. The Morgan fingerprint density at radius 2 is 0.889 bits per heavy atom. The molecule has 27 heavy (non-hydrogen) atoms. The van der Waals surface area contributed by atoms with Crippen LogP contribution in [0.2, 0.25) is 0 Å². The second kappa shape index (κ2) is 16.7. The lowest BCUT2D eigenvalue weighted by Crippen LogP contribution is -2.47. The first-order valence-electron chi connectivity index (χ1n) is 11.1. The van der Waals surface area contributed by atoms with E-state index in [0.717, 1.165) is 78.7 Å². The van der Waals surface area contributed by atoms with Gasteiger partial charge in [0.15, 0.2) is 0 Å². The molecular weight excluding hydrogens is 340 g/mol. The van der Waals surface area contributed by atoms with Crippen molar-refractivity contribution in [3.8, 4) is 0 Å². The zero-order valence-electron chi connectivity index (χ0n) is 18.6. The maximum Gasteiger partial charge on any atom is 0.0589 e. The van der Waals surface area contributed by atoms with E-state index in [1.165, 1.54) is 32.4 Å². The van der Waals surface area contributed by atoms with E-state index in [4.69, 9.17) is 9.47 Å². The highest BCUT2D eigenvalue weighted by Crippen LogP contribution is 2.03. The van der Waals surface area contributed by atoms with Crippen LogP contribution in [0.5, 0.6) is 0 Å². The molecule has 162 valence electrons. The van der Waals surface area contributed by atoms with Gasteiger partial charge >= 0.3 is 0 Å². The third-order valence-corrected chi connectivity index (χ3v) is 5.52. The van der Waals surface area contributed by atoms with Crippen LogP contribution in [0.15, 0.2) is 0 Å². The fraction of sp³-hybridized carbons (Fsp3) is 1.00. The van der Waals surface area contributed by atoms with E-state index in [9.17, 15) is 0 Å². The van der Waals surface area contributed by atoms with Crippen LogP contribution in [0.3, 0.4) is 0 Å². The molecule has 1 rings (SSSR count). The number of hydrogen-bond acceptors (Lipinski definition) is 6. The van der Waals surface area contributed by atoms with E-state index in [1.54, 1.807) is 0 Å². The second-order valence-corrected chi connectivity index (χ2v) is 7.71. The minimum Gasteiger partial charge on any atom is -0.383 e. The van der Waals surface area contributed by atoms with Crippen molar-refractivity contribution >= 4 is 0 Å². The van der Waals surface area contributed by atoms with Crippen molar-refractivity contribution in [2.45, 2.75) is 33.1 Å². The molecule has 0 saturated carbocycles. The van der Waals surface area contributed by atoms with Crippen LogP contribution in [0.1, 0.15) is 33.1 Å². The molecule has 1 aliphatic rings. The van der Waals surface area contributed by atoms with Gasteiger partial charge in [0, 0.05) is 79.7 Å². The van der Waals surface area contributed by atoms with E-state index >= 15 is 0 Å². The zero-order valence-corrected chi connectivity index (χ0v) is 18.6. The molecule has 0 radical (unpaired) electrons. The van der Waals surface area contributed by atoms with Crippen molar-refractivity contribution in [2.24, 2.45) is 0 Å². The average Bonchev–Trinajstić information content (AvgIpc) is 2.68. The summed E-state index contributed by atoms with van der Waals surface area (Å²) in [7, 11) is 3.62. The van der Waals surface area contributed by atoms with Crippen LogP contribution < -0.4 is 0 Å². The highest BCUT2D eigenvalue weighted by Gasteiger charge is 2.16. The molecule has 1 saturated heterocycles. The number of ether oxygens (including phenoxy) is 2. The van der Waals surface area contributed by atoms with Gasteiger partial charge in [0.2, 0.25) is 0 Å². The van der Waals surface area contributed by atoms with E-state index < -0.39 is 0 Å². The fourth-order valence-corrected chi connectivity index (χ4v) is 3.61. The predicted molar refractivity (Wildman–Crippen MR) is 115 cm³/mol. The first-order valence-corrected chi connectivity index (χ1v) is 11.1. The Morgan fingerprint density at radius 1 is 0.519 bits per heavy atom. The molecule has 1 aliphatic heterocycles. The largest absolute Gasteiger partial charge is 0.383 e. The topological polar surface area (TPSA) is 31.4 Å². The van der Waals surface area contributed by atoms with E-state index in [2.05, 4.69) is 33.4 Å². The molecule has 6 nitrogen and oxygen atoms in total. The SMILES string of the molecule is CCCCN1CCN(CCOC)CCN(CCC)CCN(CCOC)CC1. The van der Waals surface area contributed by atoms with Gasteiger partial charge in [0.25, 0.3) is 0 Å².